The quantitative estimate of drug-likeness (QED) is 0.774. The van der Waals surface area contributed by atoms with Crippen molar-refractivity contribution in [1.29, 1.82) is 0 Å². The van der Waals surface area contributed by atoms with E-state index in [9.17, 15) is 0 Å². The Labute approximate surface area is 99.3 Å². The number of hydrogen-bond acceptors (Lipinski definition) is 3. The monoisotopic (exact) mass is 226 g/mol. The van der Waals surface area contributed by atoms with Crippen LogP contribution < -0.4 is 5.73 Å². The van der Waals surface area contributed by atoms with Crippen molar-refractivity contribution in [2.75, 3.05) is 32.8 Å². The van der Waals surface area contributed by atoms with Gasteiger partial charge in [-0.15, -0.1) is 0 Å². The van der Waals surface area contributed by atoms with Gasteiger partial charge in [0.05, 0.1) is 0 Å². The first-order valence-corrected chi connectivity index (χ1v) is 6.92. The molecule has 1 aliphatic heterocycles. The molecule has 0 amide bonds. The Morgan fingerprint density at radius 2 is 1.75 bits per heavy atom. The predicted molar refractivity (Wildman–Crippen MR) is 66.4 cm³/mol. The van der Waals surface area contributed by atoms with Gasteiger partial charge in [0.25, 0.3) is 0 Å². The molecule has 2 fully saturated rings. The lowest BCUT2D eigenvalue weighted by Gasteiger charge is -2.33. The summed E-state index contributed by atoms with van der Waals surface area (Å²) < 4.78 is 5.42. The van der Waals surface area contributed by atoms with Gasteiger partial charge in [-0.3, -0.25) is 4.90 Å². The predicted octanol–water partition coefficient (Wildman–Crippen LogP) is 1.62. The van der Waals surface area contributed by atoms with E-state index in [0.29, 0.717) is 0 Å². The van der Waals surface area contributed by atoms with E-state index in [1.54, 1.807) is 0 Å². The van der Waals surface area contributed by atoms with Crippen LogP contribution in [0.3, 0.4) is 0 Å². The van der Waals surface area contributed by atoms with E-state index in [2.05, 4.69) is 4.90 Å². The molecule has 1 heterocycles. The van der Waals surface area contributed by atoms with Crippen LogP contribution >= 0.6 is 0 Å². The minimum absolute atomic E-state index is 0.805. The van der Waals surface area contributed by atoms with Crippen LogP contribution in [0.2, 0.25) is 0 Å². The van der Waals surface area contributed by atoms with Crippen molar-refractivity contribution in [2.45, 2.75) is 44.6 Å². The Morgan fingerprint density at radius 1 is 1.06 bits per heavy atom. The highest BCUT2D eigenvalue weighted by Crippen LogP contribution is 2.25. The van der Waals surface area contributed by atoms with Crippen LogP contribution in [0.4, 0.5) is 0 Å². The fraction of sp³-hybridized carbons (Fsp3) is 1.00. The summed E-state index contributed by atoms with van der Waals surface area (Å²) in [6, 6.07) is 0.825. The zero-order valence-electron chi connectivity index (χ0n) is 10.4. The molecule has 0 spiro atoms. The van der Waals surface area contributed by atoms with Crippen LogP contribution in [0.1, 0.15) is 38.5 Å². The highest BCUT2D eigenvalue weighted by molar-refractivity contribution is 4.80. The molecular weight excluding hydrogens is 200 g/mol. The van der Waals surface area contributed by atoms with Gasteiger partial charge in [0.1, 0.15) is 0 Å². The third-order valence-electron chi connectivity index (χ3n) is 4.09. The van der Waals surface area contributed by atoms with Gasteiger partial charge in [-0.25, -0.2) is 0 Å². The van der Waals surface area contributed by atoms with Crippen molar-refractivity contribution >= 4 is 0 Å². The van der Waals surface area contributed by atoms with E-state index >= 15 is 0 Å². The second-order valence-electron chi connectivity index (χ2n) is 5.28. The Bertz CT molecular complexity index is 186. The van der Waals surface area contributed by atoms with E-state index in [1.165, 1.54) is 45.1 Å². The summed E-state index contributed by atoms with van der Waals surface area (Å²) in [7, 11) is 0. The first-order valence-electron chi connectivity index (χ1n) is 6.92. The first kappa shape index (κ1) is 12.3. The van der Waals surface area contributed by atoms with Gasteiger partial charge in [0.15, 0.2) is 0 Å². The molecule has 3 heteroatoms. The zero-order valence-corrected chi connectivity index (χ0v) is 10.4. The van der Waals surface area contributed by atoms with Crippen molar-refractivity contribution in [3.63, 3.8) is 0 Å². The molecule has 94 valence electrons. The summed E-state index contributed by atoms with van der Waals surface area (Å²) in [6.45, 7) is 5.07. The maximum Gasteiger partial charge on any atom is 0.0469 e. The molecule has 1 saturated carbocycles. The Hall–Kier alpha value is -0.120. The lowest BCUT2D eigenvalue weighted by Crippen LogP contribution is -2.41. The van der Waals surface area contributed by atoms with Crippen LogP contribution in [-0.4, -0.2) is 43.8 Å². The van der Waals surface area contributed by atoms with Gasteiger partial charge in [0.2, 0.25) is 0 Å². The molecule has 3 nitrogen and oxygen atoms in total. The third-order valence-corrected chi connectivity index (χ3v) is 4.09. The normalized spacial score (nSPS) is 24.4. The second-order valence-corrected chi connectivity index (χ2v) is 5.28. The molecule has 2 N–H and O–H groups in total. The molecular formula is C13H26N2O. The zero-order chi connectivity index (χ0) is 11.2. The van der Waals surface area contributed by atoms with Gasteiger partial charge < -0.3 is 10.5 Å². The molecule has 2 aliphatic rings. The van der Waals surface area contributed by atoms with Crippen molar-refractivity contribution in [2.24, 2.45) is 11.7 Å². The summed E-state index contributed by atoms with van der Waals surface area (Å²) in [5, 5.41) is 0. The van der Waals surface area contributed by atoms with Crippen molar-refractivity contribution in [3.05, 3.63) is 0 Å². The SMILES string of the molecule is NCCN(CC1CCOCC1)C1CCCC1. The van der Waals surface area contributed by atoms with Gasteiger partial charge >= 0.3 is 0 Å². The fourth-order valence-corrected chi connectivity index (χ4v) is 3.12. The molecule has 0 aromatic heterocycles. The van der Waals surface area contributed by atoms with Crippen LogP contribution in [0.15, 0.2) is 0 Å². The maximum atomic E-state index is 5.74. The molecule has 0 bridgehead atoms. The first-order chi connectivity index (χ1) is 7.90. The number of hydrogen-bond donors (Lipinski definition) is 1. The summed E-state index contributed by atoms with van der Waals surface area (Å²) >= 11 is 0. The summed E-state index contributed by atoms with van der Waals surface area (Å²) in [6.07, 6.45) is 8.10. The van der Waals surface area contributed by atoms with Crippen LogP contribution in [-0.2, 0) is 4.74 Å². The Balaban J connectivity index is 1.80. The third kappa shape index (κ3) is 3.44. The molecule has 0 aromatic rings. The lowest BCUT2D eigenvalue weighted by molar-refractivity contribution is 0.0462. The van der Waals surface area contributed by atoms with Gasteiger partial charge in [-0.1, -0.05) is 12.8 Å². The van der Waals surface area contributed by atoms with Gasteiger partial charge in [0, 0.05) is 38.9 Å². The lowest BCUT2D eigenvalue weighted by atomic mass is 9.98. The van der Waals surface area contributed by atoms with E-state index in [0.717, 1.165) is 38.3 Å². The molecule has 0 unspecified atom stereocenters. The minimum Gasteiger partial charge on any atom is -0.381 e. The molecule has 0 radical (unpaired) electrons. The van der Waals surface area contributed by atoms with Crippen molar-refractivity contribution in [3.8, 4) is 0 Å². The van der Waals surface area contributed by atoms with Gasteiger partial charge in [-0.05, 0) is 31.6 Å². The average molecular weight is 226 g/mol. The molecule has 2 rings (SSSR count). The minimum atomic E-state index is 0.805. The van der Waals surface area contributed by atoms with E-state index in [4.69, 9.17) is 10.5 Å². The standard InChI is InChI=1S/C13H26N2O/c14-7-8-15(13-3-1-2-4-13)11-12-5-9-16-10-6-12/h12-13H,1-11,14H2. The van der Waals surface area contributed by atoms with E-state index in [1.807, 2.05) is 0 Å². The average Bonchev–Trinajstić information content (AvgIpc) is 2.83. The number of rotatable bonds is 5. The summed E-state index contributed by atoms with van der Waals surface area (Å²) in [5.74, 6) is 0.848. The van der Waals surface area contributed by atoms with Crippen molar-refractivity contribution in [1.82, 2.24) is 4.90 Å². The second kappa shape index (κ2) is 6.58. The summed E-state index contributed by atoms with van der Waals surface area (Å²) in [4.78, 5) is 2.66. The number of nitrogens with zero attached hydrogens (tertiary/aromatic N) is 1. The van der Waals surface area contributed by atoms with Crippen LogP contribution in [0.25, 0.3) is 0 Å². The number of ether oxygens (including phenoxy) is 1. The largest absolute Gasteiger partial charge is 0.381 e. The molecule has 1 saturated heterocycles. The summed E-state index contributed by atoms with van der Waals surface area (Å²) in [5.41, 5.74) is 5.74. The van der Waals surface area contributed by atoms with Crippen molar-refractivity contribution < 1.29 is 4.74 Å². The maximum absolute atomic E-state index is 5.74. The molecule has 16 heavy (non-hydrogen) atoms. The number of nitrogens with two attached hydrogens (primary N) is 1. The topological polar surface area (TPSA) is 38.5 Å². The molecule has 0 aromatic carbocycles. The highest BCUT2D eigenvalue weighted by Gasteiger charge is 2.25. The van der Waals surface area contributed by atoms with Crippen LogP contribution in [0, 0.1) is 5.92 Å². The van der Waals surface area contributed by atoms with E-state index in [-0.39, 0.29) is 0 Å². The Kier molecular flexibility index (Phi) is 5.07. The van der Waals surface area contributed by atoms with Crippen LogP contribution in [0.5, 0.6) is 0 Å². The molecule has 1 aliphatic carbocycles. The van der Waals surface area contributed by atoms with E-state index < -0.39 is 0 Å². The van der Waals surface area contributed by atoms with Gasteiger partial charge in [-0.2, -0.15) is 0 Å². The smallest absolute Gasteiger partial charge is 0.0469 e. The fourth-order valence-electron chi connectivity index (χ4n) is 3.12. The molecule has 0 atom stereocenters. The Morgan fingerprint density at radius 3 is 2.38 bits per heavy atom. The highest BCUT2D eigenvalue weighted by atomic mass is 16.5.